The smallest absolute Gasteiger partial charge is 0.127 e. The van der Waals surface area contributed by atoms with E-state index < -0.39 is 0 Å². The molecule has 0 amide bonds. The van der Waals surface area contributed by atoms with Gasteiger partial charge in [0, 0.05) is 41.1 Å². The first kappa shape index (κ1) is 26.8. The summed E-state index contributed by atoms with van der Waals surface area (Å²) in [5, 5.41) is 0.690. The Morgan fingerprint density at radius 2 is 1.59 bits per heavy atom. The number of aromatic nitrogens is 2. The molecule has 0 unspecified atom stereocenters. The van der Waals surface area contributed by atoms with Gasteiger partial charge < -0.3 is 14.0 Å². The Morgan fingerprint density at radius 3 is 2.27 bits per heavy atom. The first-order valence-electron chi connectivity index (χ1n) is 12.9. The molecule has 37 heavy (non-hydrogen) atoms. The Balaban J connectivity index is 1.39. The molecule has 5 nitrogen and oxygen atoms in total. The summed E-state index contributed by atoms with van der Waals surface area (Å²) in [4.78, 5) is 7.25. The molecular formula is C31H36ClN3O2. The molecule has 0 radical (unpaired) electrons. The predicted molar refractivity (Wildman–Crippen MR) is 153 cm³/mol. The van der Waals surface area contributed by atoms with Gasteiger partial charge in [-0.3, -0.25) is 4.90 Å². The second-order valence-electron chi connectivity index (χ2n) is 9.70. The second-order valence-corrected chi connectivity index (χ2v) is 10.1. The third-order valence-corrected chi connectivity index (χ3v) is 6.62. The molecule has 3 aromatic rings. The fourth-order valence-corrected chi connectivity index (χ4v) is 4.60. The SMILES string of the molecule is Cc1nc(-c2ccc(OCCN(C(C)C)C(C)C)cc2)cn1C1=CCC=C(Oc2ccc(Cl)cc2)C=C1. The van der Waals surface area contributed by atoms with E-state index in [-0.39, 0.29) is 0 Å². The maximum absolute atomic E-state index is 6.01. The van der Waals surface area contributed by atoms with Gasteiger partial charge in [-0.1, -0.05) is 17.7 Å². The van der Waals surface area contributed by atoms with Crippen molar-refractivity contribution >= 4 is 17.3 Å². The van der Waals surface area contributed by atoms with Gasteiger partial charge in [-0.05, 0) is 108 Å². The Morgan fingerprint density at radius 1 is 0.919 bits per heavy atom. The molecule has 0 atom stereocenters. The van der Waals surface area contributed by atoms with Crippen LogP contribution < -0.4 is 9.47 Å². The van der Waals surface area contributed by atoms with Gasteiger partial charge in [0.1, 0.15) is 29.7 Å². The monoisotopic (exact) mass is 517 g/mol. The number of rotatable bonds is 10. The van der Waals surface area contributed by atoms with Crippen LogP contribution in [0.25, 0.3) is 17.0 Å². The summed E-state index contributed by atoms with van der Waals surface area (Å²) in [5.41, 5.74) is 3.05. The highest BCUT2D eigenvalue weighted by atomic mass is 35.5. The van der Waals surface area contributed by atoms with Crippen molar-refractivity contribution in [2.75, 3.05) is 13.2 Å². The minimum absolute atomic E-state index is 0.501. The van der Waals surface area contributed by atoms with E-state index in [0.29, 0.717) is 23.7 Å². The number of hydrogen-bond donors (Lipinski definition) is 0. The average molecular weight is 518 g/mol. The minimum atomic E-state index is 0.501. The average Bonchev–Trinajstić information content (AvgIpc) is 3.11. The van der Waals surface area contributed by atoms with Gasteiger partial charge in [0.15, 0.2) is 0 Å². The zero-order valence-corrected chi connectivity index (χ0v) is 23.1. The van der Waals surface area contributed by atoms with Crippen LogP contribution >= 0.6 is 11.6 Å². The Bertz CT molecular complexity index is 1260. The summed E-state index contributed by atoms with van der Waals surface area (Å²) in [7, 11) is 0. The van der Waals surface area contributed by atoms with Crippen molar-refractivity contribution < 1.29 is 9.47 Å². The Hall–Kier alpha value is -3.28. The van der Waals surface area contributed by atoms with E-state index in [9.17, 15) is 0 Å². The largest absolute Gasteiger partial charge is 0.492 e. The van der Waals surface area contributed by atoms with Crippen molar-refractivity contribution in [2.45, 2.75) is 53.1 Å². The van der Waals surface area contributed by atoms with Gasteiger partial charge in [0.05, 0.1) is 5.69 Å². The zero-order chi connectivity index (χ0) is 26.4. The number of allylic oxidation sites excluding steroid dienone is 5. The molecule has 4 rings (SSSR count). The summed E-state index contributed by atoms with van der Waals surface area (Å²) < 4.78 is 14.1. The maximum Gasteiger partial charge on any atom is 0.127 e. The number of ether oxygens (including phenoxy) is 2. The molecule has 1 heterocycles. The number of aryl methyl sites for hydroxylation is 1. The standard InChI is InChI=1S/C31H36ClN3O2/c1-22(2)34(23(3)4)19-20-36-28-14-9-25(10-15-28)31-21-35(24(5)33-31)27-7-6-8-29(18-13-27)37-30-16-11-26(32)12-17-30/h7-18,21-23H,6,19-20H2,1-5H3. The fraction of sp³-hybridized carbons (Fsp3) is 0.323. The van der Waals surface area contributed by atoms with E-state index in [2.05, 4.69) is 73.7 Å². The van der Waals surface area contributed by atoms with Crippen LogP contribution in [-0.4, -0.2) is 39.7 Å². The zero-order valence-electron chi connectivity index (χ0n) is 22.3. The van der Waals surface area contributed by atoms with Gasteiger partial charge in [0.2, 0.25) is 0 Å². The van der Waals surface area contributed by atoms with E-state index in [1.165, 1.54) is 0 Å². The van der Waals surface area contributed by atoms with Crippen LogP contribution in [0.4, 0.5) is 0 Å². The molecule has 1 aromatic heterocycles. The molecule has 0 bridgehead atoms. The Kier molecular flexibility index (Phi) is 8.91. The lowest BCUT2D eigenvalue weighted by Crippen LogP contribution is -2.39. The molecule has 0 aliphatic heterocycles. The van der Waals surface area contributed by atoms with Crippen LogP contribution in [0, 0.1) is 6.92 Å². The normalized spacial score (nSPS) is 13.6. The van der Waals surface area contributed by atoms with Gasteiger partial charge in [-0.15, -0.1) is 0 Å². The van der Waals surface area contributed by atoms with Crippen LogP contribution in [0.5, 0.6) is 11.5 Å². The number of imidazole rings is 1. The van der Waals surface area contributed by atoms with E-state index in [0.717, 1.165) is 53.0 Å². The summed E-state index contributed by atoms with van der Waals surface area (Å²) >= 11 is 5.98. The lowest BCUT2D eigenvalue weighted by Gasteiger charge is -2.30. The van der Waals surface area contributed by atoms with E-state index in [1.807, 2.05) is 49.4 Å². The van der Waals surface area contributed by atoms with Crippen molar-refractivity contribution in [1.29, 1.82) is 0 Å². The van der Waals surface area contributed by atoms with Gasteiger partial charge in [-0.2, -0.15) is 0 Å². The van der Waals surface area contributed by atoms with Gasteiger partial charge in [-0.25, -0.2) is 4.98 Å². The van der Waals surface area contributed by atoms with Gasteiger partial charge in [0.25, 0.3) is 0 Å². The summed E-state index contributed by atoms with van der Waals surface area (Å²) in [6.07, 6.45) is 11.1. The van der Waals surface area contributed by atoms with Crippen LogP contribution in [0.2, 0.25) is 5.02 Å². The topological polar surface area (TPSA) is 39.5 Å². The van der Waals surface area contributed by atoms with E-state index in [4.69, 9.17) is 26.1 Å². The highest BCUT2D eigenvalue weighted by Crippen LogP contribution is 2.26. The lowest BCUT2D eigenvalue weighted by atomic mass is 10.1. The molecule has 1 aliphatic rings. The van der Waals surface area contributed by atoms with Gasteiger partial charge >= 0.3 is 0 Å². The predicted octanol–water partition coefficient (Wildman–Crippen LogP) is 7.77. The molecule has 0 N–H and O–H groups in total. The highest BCUT2D eigenvalue weighted by molar-refractivity contribution is 6.30. The molecule has 0 saturated heterocycles. The van der Waals surface area contributed by atoms with Crippen molar-refractivity contribution in [3.05, 3.63) is 95.6 Å². The van der Waals surface area contributed by atoms with Crippen molar-refractivity contribution in [3.8, 4) is 22.8 Å². The quantitative estimate of drug-likeness (QED) is 0.275. The third-order valence-electron chi connectivity index (χ3n) is 6.37. The number of benzene rings is 2. The van der Waals surface area contributed by atoms with Crippen molar-refractivity contribution in [3.63, 3.8) is 0 Å². The summed E-state index contributed by atoms with van der Waals surface area (Å²) in [6, 6.07) is 16.6. The number of halogens is 1. The lowest BCUT2D eigenvalue weighted by molar-refractivity contribution is 0.142. The highest BCUT2D eigenvalue weighted by Gasteiger charge is 2.13. The first-order valence-corrected chi connectivity index (χ1v) is 13.2. The van der Waals surface area contributed by atoms with Crippen LogP contribution in [0.1, 0.15) is 39.9 Å². The summed E-state index contributed by atoms with van der Waals surface area (Å²) in [5.74, 6) is 3.36. The Labute approximate surface area is 225 Å². The molecule has 0 spiro atoms. The number of nitrogens with zero attached hydrogens (tertiary/aromatic N) is 3. The van der Waals surface area contributed by atoms with E-state index >= 15 is 0 Å². The molecule has 6 heteroatoms. The maximum atomic E-state index is 6.01. The minimum Gasteiger partial charge on any atom is -0.492 e. The molecular weight excluding hydrogens is 482 g/mol. The first-order chi connectivity index (χ1) is 17.8. The molecule has 0 fully saturated rings. The van der Waals surface area contributed by atoms with Crippen LogP contribution in [-0.2, 0) is 0 Å². The molecule has 1 aliphatic carbocycles. The van der Waals surface area contributed by atoms with Crippen LogP contribution in [0.15, 0.2) is 84.8 Å². The number of hydrogen-bond acceptors (Lipinski definition) is 4. The molecule has 194 valence electrons. The molecule has 0 saturated carbocycles. The fourth-order valence-electron chi connectivity index (χ4n) is 4.47. The van der Waals surface area contributed by atoms with Crippen LogP contribution in [0.3, 0.4) is 0 Å². The molecule has 2 aromatic carbocycles. The van der Waals surface area contributed by atoms with E-state index in [1.54, 1.807) is 0 Å². The third kappa shape index (κ3) is 7.15. The van der Waals surface area contributed by atoms with Crippen molar-refractivity contribution in [2.24, 2.45) is 0 Å². The second kappa shape index (κ2) is 12.3. The summed E-state index contributed by atoms with van der Waals surface area (Å²) in [6.45, 7) is 12.5. The van der Waals surface area contributed by atoms with Crippen molar-refractivity contribution in [1.82, 2.24) is 14.5 Å².